The van der Waals surface area contributed by atoms with Gasteiger partial charge in [-0.05, 0) is 48.9 Å². The minimum Gasteiger partial charge on any atom is -0.310 e. The van der Waals surface area contributed by atoms with Gasteiger partial charge in [0.1, 0.15) is 5.15 Å². The molecular weight excluding hydrogens is 255 g/mol. The van der Waals surface area contributed by atoms with E-state index in [1.165, 1.54) is 18.4 Å². The van der Waals surface area contributed by atoms with Gasteiger partial charge in [0, 0.05) is 12.2 Å². The van der Waals surface area contributed by atoms with Gasteiger partial charge in [-0.15, -0.1) is 0 Å². The zero-order valence-electron chi connectivity index (χ0n) is 9.42. The van der Waals surface area contributed by atoms with E-state index in [9.17, 15) is 0 Å². The Labute approximate surface area is 111 Å². The van der Waals surface area contributed by atoms with Crippen LogP contribution in [0.15, 0.2) is 18.3 Å². The first-order chi connectivity index (χ1) is 8.25. The first-order valence-electron chi connectivity index (χ1n) is 6.00. The minimum atomic E-state index is 0.377. The first kappa shape index (κ1) is 11.5. The Morgan fingerprint density at radius 3 is 3.06 bits per heavy atom. The summed E-state index contributed by atoms with van der Waals surface area (Å²) in [4.78, 5) is 4.13. The Morgan fingerprint density at radius 1 is 1.35 bits per heavy atom. The molecule has 2 aliphatic rings. The van der Waals surface area contributed by atoms with Gasteiger partial charge in [-0.2, -0.15) is 0 Å². The van der Waals surface area contributed by atoms with Gasteiger partial charge in [0.25, 0.3) is 0 Å². The van der Waals surface area contributed by atoms with Crippen LogP contribution in [0, 0.1) is 5.92 Å². The number of nitrogens with one attached hydrogen (secondary N) is 1. The van der Waals surface area contributed by atoms with Crippen molar-refractivity contribution in [1.82, 2.24) is 10.3 Å². The lowest BCUT2D eigenvalue weighted by molar-refractivity contribution is 0.346. The maximum absolute atomic E-state index is 6.03. The largest absolute Gasteiger partial charge is 0.310 e. The molecule has 1 N–H and O–H groups in total. The third-order valence-electron chi connectivity index (χ3n) is 3.69. The van der Waals surface area contributed by atoms with Crippen LogP contribution in [0.4, 0.5) is 0 Å². The smallest absolute Gasteiger partial charge is 0.147 e. The van der Waals surface area contributed by atoms with Crippen molar-refractivity contribution in [2.45, 2.75) is 25.3 Å². The molecule has 0 radical (unpaired) electrons. The summed E-state index contributed by atoms with van der Waals surface area (Å²) in [7, 11) is 0. The number of rotatable bonds is 1. The summed E-state index contributed by atoms with van der Waals surface area (Å²) in [5, 5.41) is 4.50. The number of hydrogen-bond acceptors (Lipinski definition) is 2. The van der Waals surface area contributed by atoms with Crippen LogP contribution in [0.1, 0.15) is 24.8 Å². The fraction of sp³-hybridized carbons (Fsp3) is 0.462. The van der Waals surface area contributed by atoms with Crippen LogP contribution in [0.25, 0.3) is 5.57 Å². The van der Waals surface area contributed by atoms with E-state index in [0.717, 1.165) is 24.4 Å². The highest BCUT2D eigenvalue weighted by molar-refractivity contribution is 6.41. The molecule has 1 aromatic heterocycles. The van der Waals surface area contributed by atoms with Gasteiger partial charge in [-0.1, -0.05) is 29.3 Å². The van der Waals surface area contributed by atoms with E-state index < -0.39 is 0 Å². The van der Waals surface area contributed by atoms with Crippen molar-refractivity contribution in [2.24, 2.45) is 5.92 Å². The quantitative estimate of drug-likeness (QED) is 0.789. The van der Waals surface area contributed by atoms with Crippen LogP contribution in [0.5, 0.6) is 0 Å². The Morgan fingerprint density at radius 2 is 2.24 bits per heavy atom. The van der Waals surface area contributed by atoms with Gasteiger partial charge < -0.3 is 5.32 Å². The molecule has 2 atom stereocenters. The van der Waals surface area contributed by atoms with Gasteiger partial charge in [0.2, 0.25) is 0 Å². The van der Waals surface area contributed by atoms with Crippen molar-refractivity contribution < 1.29 is 0 Å². The molecule has 1 aliphatic heterocycles. The van der Waals surface area contributed by atoms with Gasteiger partial charge >= 0.3 is 0 Å². The van der Waals surface area contributed by atoms with Crippen LogP contribution in [-0.4, -0.2) is 17.6 Å². The van der Waals surface area contributed by atoms with Crippen molar-refractivity contribution in [3.05, 3.63) is 34.1 Å². The standard InChI is InChI=1S/C13H14Cl2N2/c14-11-6-9(7-17-13(11)15)10-4-3-8-2-1-5-16-12(8)10/h4,6-8,12,16H,1-3,5H2/t8-,12-/m1/s1. The number of pyridine rings is 1. The molecule has 0 bridgehead atoms. The summed E-state index contributed by atoms with van der Waals surface area (Å²) in [6, 6.07) is 2.39. The summed E-state index contributed by atoms with van der Waals surface area (Å²) in [6.45, 7) is 1.10. The maximum atomic E-state index is 6.03. The second-order valence-electron chi connectivity index (χ2n) is 4.73. The van der Waals surface area contributed by atoms with Crippen molar-refractivity contribution in [2.75, 3.05) is 6.54 Å². The molecule has 0 aromatic carbocycles. The van der Waals surface area contributed by atoms with Crippen molar-refractivity contribution in [3.63, 3.8) is 0 Å². The third-order valence-corrected chi connectivity index (χ3v) is 4.38. The predicted molar refractivity (Wildman–Crippen MR) is 71.4 cm³/mol. The van der Waals surface area contributed by atoms with E-state index in [4.69, 9.17) is 23.2 Å². The minimum absolute atomic E-state index is 0.377. The van der Waals surface area contributed by atoms with E-state index >= 15 is 0 Å². The molecule has 2 nitrogen and oxygen atoms in total. The molecule has 3 rings (SSSR count). The Kier molecular flexibility index (Phi) is 3.12. The van der Waals surface area contributed by atoms with Crippen molar-refractivity contribution >= 4 is 28.8 Å². The number of fused-ring (bicyclic) bond motifs is 1. The van der Waals surface area contributed by atoms with Gasteiger partial charge in [-0.3, -0.25) is 0 Å². The van der Waals surface area contributed by atoms with Crippen LogP contribution in [-0.2, 0) is 0 Å². The van der Waals surface area contributed by atoms with E-state index in [1.54, 1.807) is 0 Å². The maximum Gasteiger partial charge on any atom is 0.147 e. The van der Waals surface area contributed by atoms with Crippen LogP contribution < -0.4 is 5.32 Å². The average molecular weight is 269 g/mol. The predicted octanol–water partition coefficient (Wildman–Crippen LogP) is 3.54. The number of aromatic nitrogens is 1. The second-order valence-corrected chi connectivity index (χ2v) is 5.49. The molecule has 1 saturated heterocycles. The van der Waals surface area contributed by atoms with Gasteiger partial charge in [0.05, 0.1) is 5.02 Å². The highest BCUT2D eigenvalue weighted by atomic mass is 35.5. The summed E-state index contributed by atoms with van der Waals surface area (Å²) < 4.78 is 0. The van der Waals surface area contributed by atoms with Crippen LogP contribution in [0.3, 0.4) is 0 Å². The molecule has 0 spiro atoms. The number of hydrogen-bond donors (Lipinski definition) is 1. The summed E-state index contributed by atoms with van der Waals surface area (Å²) >= 11 is 11.9. The zero-order valence-corrected chi connectivity index (χ0v) is 10.9. The Hall–Kier alpha value is -0.570. The van der Waals surface area contributed by atoms with Gasteiger partial charge in [0.15, 0.2) is 0 Å². The molecule has 4 heteroatoms. The summed E-state index contributed by atoms with van der Waals surface area (Å²) in [6.07, 6.45) is 7.88. The molecule has 0 unspecified atom stereocenters. The fourth-order valence-electron chi connectivity index (χ4n) is 2.85. The third kappa shape index (κ3) is 2.10. The highest BCUT2D eigenvalue weighted by Crippen LogP contribution is 2.38. The molecule has 1 aliphatic carbocycles. The van der Waals surface area contributed by atoms with E-state index in [1.807, 2.05) is 12.3 Å². The summed E-state index contributed by atoms with van der Waals surface area (Å²) in [5.41, 5.74) is 2.43. The molecule has 1 fully saturated rings. The Balaban J connectivity index is 1.91. The zero-order chi connectivity index (χ0) is 11.8. The lowest BCUT2D eigenvalue weighted by Crippen LogP contribution is -2.39. The van der Waals surface area contributed by atoms with E-state index in [0.29, 0.717) is 16.2 Å². The number of allylic oxidation sites excluding steroid dienone is 1. The molecule has 90 valence electrons. The Bertz CT molecular complexity index is 470. The SMILES string of the molecule is Clc1cc(C2=CC[C@H]3CCCN[C@@H]23)cnc1Cl. The normalized spacial score (nSPS) is 27.8. The number of nitrogens with zero attached hydrogens (tertiary/aromatic N) is 1. The second kappa shape index (κ2) is 4.60. The number of halogens is 2. The average Bonchev–Trinajstić information content (AvgIpc) is 2.76. The van der Waals surface area contributed by atoms with Crippen molar-refractivity contribution in [1.29, 1.82) is 0 Å². The van der Waals surface area contributed by atoms with Crippen molar-refractivity contribution in [3.8, 4) is 0 Å². The lowest BCUT2D eigenvalue weighted by Gasteiger charge is -2.29. The topological polar surface area (TPSA) is 24.9 Å². The summed E-state index contributed by atoms with van der Waals surface area (Å²) in [5.74, 6) is 0.744. The molecule has 17 heavy (non-hydrogen) atoms. The molecule has 0 saturated carbocycles. The molecule has 0 amide bonds. The molecule has 1 aromatic rings. The molecular formula is C13H14Cl2N2. The van der Waals surface area contributed by atoms with Gasteiger partial charge in [-0.25, -0.2) is 4.98 Å². The van der Waals surface area contributed by atoms with E-state index in [2.05, 4.69) is 16.4 Å². The highest BCUT2D eigenvalue weighted by Gasteiger charge is 2.32. The monoisotopic (exact) mass is 268 g/mol. The van der Waals surface area contributed by atoms with Crippen LogP contribution in [0.2, 0.25) is 10.2 Å². The molecule has 2 heterocycles. The lowest BCUT2D eigenvalue weighted by atomic mass is 9.89. The fourth-order valence-corrected chi connectivity index (χ4v) is 3.12. The first-order valence-corrected chi connectivity index (χ1v) is 6.76. The number of piperidine rings is 1. The van der Waals surface area contributed by atoms with Crippen LogP contribution >= 0.6 is 23.2 Å². The van der Waals surface area contributed by atoms with E-state index in [-0.39, 0.29) is 0 Å².